The number of Topliss-reactive ketones (excluding diaryl/α,β-unsaturated/α-hetero) is 1. The number of fused-ring (bicyclic) bond motifs is 1. The summed E-state index contributed by atoms with van der Waals surface area (Å²) in [6.07, 6.45) is 0. The van der Waals surface area contributed by atoms with Crippen molar-refractivity contribution >= 4 is 33.9 Å². The van der Waals surface area contributed by atoms with Crippen LogP contribution >= 0.6 is 11.3 Å². The molecule has 0 bridgehead atoms. The van der Waals surface area contributed by atoms with Gasteiger partial charge in [-0.15, -0.1) is 10.2 Å². The van der Waals surface area contributed by atoms with Gasteiger partial charge in [0.25, 0.3) is 5.78 Å². The zero-order valence-electron chi connectivity index (χ0n) is 20.4. The molecule has 0 unspecified atom stereocenters. The Hall–Kier alpha value is -4.32. The molecule has 1 fully saturated rings. The number of hydrogen-bond acceptors (Lipinski definition) is 11. The zero-order chi connectivity index (χ0) is 26.3. The predicted octanol–water partition coefficient (Wildman–Crippen LogP) is 3.27. The monoisotopic (exact) mass is 525 g/mol. The van der Waals surface area contributed by atoms with Gasteiger partial charge in [0.1, 0.15) is 24.0 Å². The molecule has 3 heterocycles. The van der Waals surface area contributed by atoms with Gasteiger partial charge in [-0.05, 0) is 42.8 Å². The third-order valence-electron chi connectivity index (χ3n) is 5.98. The SMILES string of the molecule is COc1cc([C@@H]2/C(=C(\O)c3ccc4c(c3)OCCO4)C(=O)C(=O)N2c2nnc(C)s2)cc(OC)c1OC. The number of anilines is 1. The molecule has 1 N–H and O–H groups in total. The van der Waals surface area contributed by atoms with Crippen LogP contribution in [0.3, 0.4) is 0 Å². The first kappa shape index (κ1) is 24.4. The van der Waals surface area contributed by atoms with Gasteiger partial charge in [0.2, 0.25) is 10.9 Å². The van der Waals surface area contributed by atoms with Crippen molar-refractivity contribution in [1.82, 2.24) is 10.2 Å². The van der Waals surface area contributed by atoms with Crippen molar-refractivity contribution in [2.24, 2.45) is 0 Å². The van der Waals surface area contributed by atoms with Crippen LogP contribution in [-0.4, -0.2) is 61.5 Å². The fourth-order valence-electron chi connectivity index (χ4n) is 4.33. The maximum Gasteiger partial charge on any atom is 0.301 e. The van der Waals surface area contributed by atoms with Crippen LogP contribution in [0.5, 0.6) is 28.7 Å². The minimum Gasteiger partial charge on any atom is -0.507 e. The molecule has 192 valence electrons. The van der Waals surface area contributed by atoms with E-state index in [2.05, 4.69) is 10.2 Å². The van der Waals surface area contributed by atoms with E-state index in [4.69, 9.17) is 23.7 Å². The van der Waals surface area contributed by atoms with Crippen molar-refractivity contribution in [2.75, 3.05) is 39.4 Å². The number of carbonyl (C=O) groups is 2. The maximum atomic E-state index is 13.4. The van der Waals surface area contributed by atoms with Gasteiger partial charge in [-0.25, -0.2) is 0 Å². The molecule has 1 saturated heterocycles. The van der Waals surface area contributed by atoms with Gasteiger partial charge in [0.05, 0.1) is 32.9 Å². The quantitative estimate of drug-likeness (QED) is 0.291. The van der Waals surface area contributed by atoms with E-state index in [0.717, 1.165) is 11.3 Å². The van der Waals surface area contributed by atoms with Crippen LogP contribution in [0.2, 0.25) is 0 Å². The number of benzene rings is 2. The Morgan fingerprint density at radius 1 is 1.00 bits per heavy atom. The molecule has 2 aromatic carbocycles. The molecule has 12 heteroatoms. The van der Waals surface area contributed by atoms with Crippen molar-refractivity contribution in [2.45, 2.75) is 13.0 Å². The summed E-state index contributed by atoms with van der Waals surface area (Å²) in [6, 6.07) is 6.98. The number of ketones is 1. The molecule has 0 spiro atoms. The first-order valence-electron chi connectivity index (χ1n) is 11.2. The van der Waals surface area contributed by atoms with Crippen molar-refractivity contribution in [3.05, 3.63) is 52.0 Å². The zero-order valence-corrected chi connectivity index (χ0v) is 21.2. The molecular weight excluding hydrogens is 502 g/mol. The van der Waals surface area contributed by atoms with Gasteiger partial charge in [-0.1, -0.05) is 11.3 Å². The van der Waals surface area contributed by atoms with Crippen LogP contribution in [0.15, 0.2) is 35.9 Å². The fourth-order valence-corrected chi connectivity index (χ4v) is 5.05. The maximum absolute atomic E-state index is 13.4. The molecule has 5 rings (SSSR count). The van der Waals surface area contributed by atoms with Crippen LogP contribution in [0.1, 0.15) is 22.2 Å². The smallest absolute Gasteiger partial charge is 0.301 e. The molecule has 1 atom stereocenters. The van der Waals surface area contributed by atoms with Crippen molar-refractivity contribution in [3.63, 3.8) is 0 Å². The lowest BCUT2D eigenvalue weighted by molar-refractivity contribution is -0.132. The van der Waals surface area contributed by atoms with Crippen LogP contribution in [0, 0.1) is 6.92 Å². The number of aromatic nitrogens is 2. The number of ether oxygens (including phenoxy) is 5. The standard InChI is InChI=1S/C25H23N3O8S/c1-12-26-27-25(37-12)28-20(14-10-17(32-2)23(34-4)18(11-14)33-3)19(22(30)24(28)31)21(29)13-5-6-15-16(9-13)36-8-7-35-15/h5-6,9-11,20,29H,7-8H2,1-4H3/b21-19+/t20-/m1/s1. The van der Waals surface area contributed by atoms with Gasteiger partial charge in [0, 0.05) is 5.56 Å². The largest absolute Gasteiger partial charge is 0.507 e. The number of aliphatic hydroxyl groups excluding tert-OH is 1. The van der Waals surface area contributed by atoms with Crippen molar-refractivity contribution in [3.8, 4) is 28.7 Å². The lowest BCUT2D eigenvalue weighted by atomic mass is 9.94. The molecular formula is C25H23N3O8S. The first-order valence-corrected chi connectivity index (χ1v) is 12.0. The van der Waals surface area contributed by atoms with Crippen LogP contribution in [0.4, 0.5) is 5.13 Å². The van der Waals surface area contributed by atoms with E-state index in [1.54, 1.807) is 37.3 Å². The summed E-state index contributed by atoms with van der Waals surface area (Å²) in [5, 5.41) is 20.3. The van der Waals surface area contributed by atoms with Crippen molar-refractivity contribution in [1.29, 1.82) is 0 Å². The number of aliphatic hydroxyl groups is 1. The third-order valence-corrected chi connectivity index (χ3v) is 6.82. The van der Waals surface area contributed by atoms with Gasteiger partial charge >= 0.3 is 5.91 Å². The summed E-state index contributed by atoms with van der Waals surface area (Å²) in [4.78, 5) is 28.0. The molecule has 0 saturated carbocycles. The number of methoxy groups -OCH3 is 3. The number of rotatable bonds is 6. The molecule has 2 aliphatic rings. The second kappa shape index (κ2) is 9.62. The average molecular weight is 526 g/mol. The summed E-state index contributed by atoms with van der Waals surface area (Å²) in [5.41, 5.74) is 0.581. The fraction of sp³-hybridized carbons (Fsp3) is 0.280. The molecule has 0 aliphatic carbocycles. The van der Waals surface area contributed by atoms with Gasteiger partial charge in [-0.2, -0.15) is 0 Å². The summed E-state index contributed by atoms with van der Waals surface area (Å²) in [6.45, 7) is 2.50. The Kier molecular flexibility index (Phi) is 6.34. The molecule has 1 amide bonds. The van der Waals surface area contributed by atoms with E-state index >= 15 is 0 Å². The summed E-state index contributed by atoms with van der Waals surface area (Å²) >= 11 is 1.15. The number of aryl methyl sites for hydroxylation is 1. The normalized spacial score (nSPS) is 18.2. The highest BCUT2D eigenvalue weighted by Crippen LogP contribution is 2.48. The molecule has 2 aliphatic heterocycles. The van der Waals surface area contributed by atoms with E-state index < -0.39 is 17.7 Å². The number of nitrogens with zero attached hydrogens (tertiary/aromatic N) is 3. The molecule has 37 heavy (non-hydrogen) atoms. The Balaban J connectivity index is 1.74. The third kappa shape index (κ3) is 4.08. The second-order valence-corrected chi connectivity index (χ2v) is 9.25. The number of amides is 1. The lowest BCUT2D eigenvalue weighted by Crippen LogP contribution is -2.29. The van der Waals surface area contributed by atoms with Crippen LogP contribution < -0.4 is 28.6 Å². The van der Waals surface area contributed by atoms with E-state index in [0.29, 0.717) is 52.5 Å². The summed E-state index contributed by atoms with van der Waals surface area (Å²) in [7, 11) is 4.39. The van der Waals surface area contributed by atoms with E-state index in [1.165, 1.54) is 26.2 Å². The molecule has 3 aromatic rings. The number of hydrogen-bond donors (Lipinski definition) is 1. The Labute approximate surface area is 215 Å². The summed E-state index contributed by atoms with van der Waals surface area (Å²) in [5.74, 6) is -0.192. The highest BCUT2D eigenvalue weighted by atomic mass is 32.1. The minimum absolute atomic E-state index is 0.135. The number of carbonyl (C=O) groups excluding carboxylic acids is 2. The van der Waals surface area contributed by atoms with Gasteiger partial charge in [-0.3, -0.25) is 14.5 Å². The van der Waals surface area contributed by atoms with Gasteiger partial charge in [0.15, 0.2) is 23.0 Å². The molecule has 11 nitrogen and oxygen atoms in total. The van der Waals surface area contributed by atoms with Crippen LogP contribution in [-0.2, 0) is 9.59 Å². The van der Waals surface area contributed by atoms with E-state index in [-0.39, 0.29) is 22.0 Å². The van der Waals surface area contributed by atoms with Gasteiger partial charge < -0.3 is 28.8 Å². The second-order valence-electron chi connectivity index (χ2n) is 8.09. The highest BCUT2D eigenvalue weighted by molar-refractivity contribution is 7.15. The highest BCUT2D eigenvalue weighted by Gasteiger charge is 2.49. The summed E-state index contributed by atoms with van der Waals surface area (Å²) < 4.78 is 27.6. The average Bonchev–Trinajstić information content (AvgIpc) is 3.46. The van der Waals surface area contributed by atoms with Crippen LogP contribution in [0.25, 0.3) is 5.76 Å². The lowest BCUT2D eigenvalue weighted by Gasteiger charge is -2.24. The molecule has 0 radical (unpaired) electrons. The topological polar surface area (TPSA) is 130 Å². The predicted molar refractivity (Wildman–Crippen MR) is 133 cm³/mol. The first-order chi connectivity index (χ1) is 17.9. The van der Waals surface area contributed by atoms with Crippen molar-refractivity contribution < 1.29 is 38.4 Å². The van der Waals surface area contributed by atoms with E-state index in [1.807, 2.05) is 0 Å². The molecule has 1 aromatic heterocycles. The Bertz CT molecular complexity index is 1410. The Morgan fingerprint density at radius 2 is 1.68 bits per heavy atom. The minimum atomic E-state index is -1.06. The Morgan fingerprint density at radius 3 is 2.27 bits per heavy atom. The van der Waals surface area contributed by atoms with E-state index in [9.17, 15) is 14.7 Å².